The molecule has 0 aromatic heterocycles. The highest BCUT2D eigenvalue weighted by Gasteiger charge is 2.19. The SMILES string of the molecule is Cc1cc(O)c(O)c(Br)c1C(N)CCC(=O)O. The normalized spacial score (nSPS) is 12.4. The highest BCUT2D eigenvalue weighted by atomic mass is 79.9. The highest BCUT2D eigenvalue weighted by molar-refractivity contribution is 9.10. The molecule has 0 saturated heterocycles. The van der Waals surface area contributed by atoms with Crippen molar-refractivity contribution in [1.29, 1.82) is 0 Å². The summed E-state index contributed by atoms with van der Waals surface area (Å²) >= 11 is 3.15. The molecule has 5 nitrogen and oxygen atoms in total. The Bertz CT molecular complexity index is 448. The molecule has 0 aliphatic rings. The molecule has 0 amide bonds. The van der Waals surface area contributed by atoms with Crippen molar-refractivity contribution in [3.63, 3.8) is 0 Å². The van der Waals surface area contributed by atoms with Crippen molar-refractivity contribution in [2.45, 2.75) is 25.8 Å². The summed E-state index contributed by atoms with van der Waals surface area (Å²) in [6.45, 7) is 1.74. The molecule has 1 rings (SSSR count). The summed E-state index contributed by atoms with van der Waals surface area (Å²) in [5, 5.41) is 27.5. The number of aromatic hydroxyl groups is 2. The van der Waals surface area contributed by atoms with E-state index in [1.165, 1.54) is 6.07 Å². The van der Waals surface area contributed by atoms with E-state index in [4.69, 9.17) is 10.8 Å². The number of nitrogens with two attached hydrogens (primary N) is 1. The van der Waals surface area contributed by atoms with Gasteiger partial charge in [-0.1, -0.05) is 0 Å². The number of carboxylic acids is 1. The molecular formula is C11H14BrNO4. The number of benzene rings is 1. The van der Waals surface area contributed by atoms with E-state index in [0.29, 0.717) is 15.6 Å². The van der Waals surface area contributed by atoms with Gasteiger partial charge in [0.25, 0.3) is 0 Å². The summed E-state index contributed by atoms with van der Waals surface area (Å²) in [4.78, 5) is 10.5. The standard InChI is InChI=1S/C11H14BrNO4/c1-5-4-7(14)11(17)10(12)9(5)6(13)2-3-8(15)16/h4,6,14,17H,2-3,13H2,1H3,(H,15,16). The minimum absolute atomic E-state index is 0.0469. The van der Waals surface area contributed by atoms with Gasteiger partial charge in [0.05, 0.1) is 4.47 Å². The molecule has 0 aliphatic carbocycles. The maximum atomic E-state index is 10.5. The maximum Gasteiger partial charge on any atom is 0.303 e. The predicted molar refractivity (Wildman–Crippen MR) is 66.0 cm³/mol. The minimum atomic E-state index is -0.919. The first-order valence-electron chi connectivity index (χ1n) is 5.03. The van der Waals surface area contributed by atoms with Crippen molar-refractivity contribution in [2.24, 2.45) is 5.73 Å². The second-order valence-corrected chi connectivity index (χ2v) is 4.62. The van der Waals surface area contributed by atoms with E-state index in [-0.39, 0.29) is 24.3 Å². The zero-order chi connectivity index (χ0) is 13.2. The van der Waals surface area contributed by atoms with Gasteiger partial charge < -0.3 is 21.1 Å². The minimum Gasteiger partial charge on any atom is -0.504 e. The molecule has 94 valence electrons. The molecule has 0 spiro atoms. The molecule has 0 fully saturated rings. The Hall–Kier alpha value is -1.27. The predicted octanol–water partition coefficient (Wildman–Crippen LogP) is 2.03. The van der Waals surface area contributed by atoms with Gasteiger partial charge in [-0.15, -0.1) is 0 Å². The van der Waals surface area contributed by atoms with Crippen LogP contribution >= 0.6 is 15.9 Å². The fraction of sp³-hybridized carbons (Fsp3) is 0.364. The van der Waals surface area contributed by atoms with Crippen LogP contribution in [0.5, 0.6) is 11.5 Å². The first-order chi connectivity index (χ1) is 7.84. The smallest absolute Gasteiger partial charge is 0.303 e. The number of hydrogen-bond donors (Lipinski definition) is 4. The third-order valence-electron chi connectivity index (χ3n) is 2.51. The lowest BCUT2D eigenvalue weighted by Crippen LogP contribution is -2.14. The summed E-state index contributed by atoms with van der Waals surface area (Å²) in [6, 6.07) is 0.891. The zero-order valence-corrected chi connectivity index (χ0v) is 10.9. The topological polar surface area (TPSA) is 104 Å². The molecule has 6 heteroatoms. The molecule has 0 saturated carbocycles. The quantitative estimate of drug-likeness (QED) is 0.637. The lowest BCUT2D eigenvalue weighted by atomic mass is 9.97. The first kappa shape index (κ1) is 13.8. The average Bonchev–Trinajstić information content (AvgIpc) is 2.23. The number of rotatable bonds is 4. The van der Waals surface area contributed by atoms with Crippen LogP contribution in [-0.4, -0.2) is 21.3 Å². The Morgan fingerprint density at radius 1 is 1.53 bits per heavy atom. The van der Waals surface area contributed by atoms with E-state index in [1.807, 2.05) is 0 Å². The summed E-state index contributed by atoms with van der Waals surface area (Å²) in [7, 11) is 0. The second-order valence-electron chi connectivity index (χ2n) is 3.83. The Morgan fingerprint density at radius 2 is 2.12 bits per heavy atom. The molecule has 1 atom stereocenters. The molecule has 1 aromatic carbocycles. The third-order valence-corrected chi connectivity index (χ3v) is 3.31. The van der Waals surface area contributed by atoms with E-state index in [1.54, 1.807) is 6.92 Å². The van der Waals surface area contributed by atoms with Crippen molar-refractivity contribution >= 4 is 21.9 Å². The maximum absolute atomic E-state index is 10.5. The van der Waals surface area contributed by atoms with Crippen LogP contribution in [0.25, 0.3) is 0 Å². The van der Waals surface area contributed by atoms with E-state index in [9.17, 15) is 15.0 Å². The van der Waals surface area contributed by atoms with Crippen LogP contribution < -0.4 is 5.73 Å². The Labute approximate surface area is 107 Å². The van der Waals surface area contributed by atoms with E-state index < -0.39 is 12.0 Å². The van der Waals surface area contributed by atoms with Crippen LogP contribution in [0.3, 0.4) is 0 Å². The van der Waals surface area contributed by atoms with Crippen molar-refractivity contribution < 1.29 is 20.1 Å². The second kappa shape index (κ2) is 5.37. The highest BCUT2D eigenvalue weighted by Crippen LogP contribution is 2.40. The number of carbonyl (C=O) groups is 1. The molecule has 17 heavy (non-hydrogen) atoms. The molecule has 0 aliphatic heterocycles. The van der Waals surface area contributed by atoms with E-state index >= 15 is 0 Å². The number of halogens is 1. The number of aryl methyl sites for hydroxylation is 1. The van der Waals surface area contributed by atoms with Crippen LogP contribution in [0.4, 0.5) is 0 Å². The van der Waals surface area contributed by atoms with Crippen LogP contribution in [0.1, 0.15) is 30.0 Å². The van der Waals surface area contributed by atoms with Gasteiger partial charge in [-0.25, -0.2) is 0 Å². The Balaban J connectivity index is 3.05. The number of carboxylic acid groups (broad SMARTS) is 1. The molecular weight excluding hydrogens is 290 g/mol. The molecule has 0 bridgehead atoms. The summed E-state index contributed by atoms with van der Waals surface area (Å²) in [5.41, 5.74) is 7.19. The fourth-order valence-electron chi connectivity index (χ4n) is 1.64. The van der Waals surface area contributed by atoms with Gasteiger partial charge >= 0.3 is 5.97 Å². The van der Waals surface area contributed by atoms with Crippen LogP contribution in [0.15, 0.2) is 10.5 Å². The number of aliphatic carboxylic acids is 1. The van der Waals surface area contributed by atoms with Crippen LogP contribution in [0, 0.1) is 6.92 Å². The van der Waals surface area contributed by atoms with Crippen LogP contribution in [-0.2, 0) is 4.79 Å². The lowest BCUT2D eigenvalue weighted by molar-refractivity contribution is -0.137. The molecule has 1 aromatic rings. The van der Waals surface area contributed by atoms with Gasteiger partial charge in [0.1, 0.15) is 0 Å². The Kier molecular flexibility index (Phi) is 4.36. The Morgan fingerprint density at radius 3 is 2.65 bits per heavy atom. The molecule has 5 N–H and O–H groups in total. The third kappa shape index (κ3) is 3.10. The van der Waals surface area contributed by atoms with Gasteiger partial charge in [-0.2, -0.15) is 0 Å². The molecule has 0 radical (unpaired) electrons. The molecule has 0 heterocycles. The summed E-state index contributed by atoms with van der Waals surface area (Å²) in [6.07, 6.45) is 0.216. The van der Waals surface area contributed by atoms with Gasteiger partial charge in [-0.05, 0) is 46.5 Å². The number of phenolic OH excluding ortho intramolecular Hbond substituents is 2. The first-order valence-corrected chi connectivity index (χ1v) is 5.82. The largest absolute Gasteiger partial charge is 0.504 e. The average molecular weight is 304 g/mol. The lowest BCUT2D eigenvalue weighted by Gasteiger charge is -2.17. The monoisotopic (exact) mass is 303 g/mol. The van der Waals surface area contributed by atoms with Gasteiger partial charge in [0, 0.05) is 12.5 Å². The summed E-state index contributed by atoms with van der Waals surface area (Å²) in [5.74, 6) is -1.43. The van der Waals surface area contributed by atoms with E-state index in [2.05, 4.69) is 15.9 Å². The number of hydrogen-bond acceptors (Lipinski definition) is 4. The number of phenols is 2. The van der Waals surface area contributed by atoms with Gasteiger partial charge in [-0.3, -0.25) is 4.79 Å². The van der Waals surface area contributed by atoms with Crippen molar-refractivity contribution in [3.8, 4) is 11.5 Å². The van der Waals surface area contributed by atoms with Gasteiger partial charge in [0.2, 0.25) is 0 Å². The van der Waals surface area contributed by atoms with Crippen molar-refractivity contribution in [3.05, 3.63) is 21.7 Å². The van der Waals surface area contributed by atoms with E-state index in [0.717, 1.165) is 0 Å². The fourth-order valence-corrected chi connectivity index (χ4v) is 2.45. The van der Waals surface area contributed by atoms with Crippen molar-refractivity contribution in [1.82, 2.24) is 0 Å². The van der Waals surface area contributed by atoms with Crippen molar-refractivity contribution in [2.75, 3.05) is 0 Å². The molecule has 1 unspecified atom stereocenters. The van der Waals surface area contributed by atoms with Gasteiger partial charge in [0.15, 0.2) is 11.5 Å². The zero-order valence-electron chi connectivity index (χ0n) is 9.27. The summed E-state index contributed by atoms with van der Waals surface area (Å²) < 4.78 is 0.313. The van der Waals surface area contributed by atoms with Crippen LogP contribution in [0.2, 0.25) is 0 Å².